The highest BCUT2D eigenvalue weighted by atomic mass is 16.5. The van der Waals surface area contributed by atoms with Crippen molar-refractivity contribution in [3.05, 3.63) is 42.0 Å². The summed E-state index contributed by atoms with van der Waals surface area (Å²) in [6.07, 6.45) is 4.14. The van der Waals surface area contributed by atoms with Gasteiger partial charge in [-0.3, -0.25) is 0 Å². The van der Waals surface area contributed by atoms with Gasteiger partial charge in [0.25, 0.3) is 5.89 Å². The van der Waals surface area contributed by atoms with Crippen molar-refractivity contribution in [3.8, 4) is 28.7 Å². The summed E-state index contributed by atoms with van der Waals surface area (Å²) in [5.41, 5.74) is 2.49. The van der Waals surface area contributed by atoms with Crippen molar-refractivity contribution in [2.75, 3.05) is 7.11 Å². The number of ether oxygens (including phenoxy) is 1. The van der Waals surface area contributed by atoms with Crippen molar-refractivity contribution in [1.29, 1.82) is 0 Å². The fourth-order valence-corrected chi connectivity index (χ4v) is 2.42. The van der Waals surface area contributed by atoms with Gasteiger partial charge in [-0.2, -0.15) is 0 Å². The quantitative estimate of drug-likeness (QED) is 0.735. The lowest BCUT2D eigenvalue weighted by Crippen LogP contribution is -1.97. The van der Waals surface area contributed by atoms with E-state index in [2.05, 4.69) is 20.2 Å². The molecule has 0 bridgehead atoms. The summed E-state index contributed by atoms with van der Waals surface area (Å²) in [6, 6.07) is 7.49. The molecule has 6 heteroatoms. The molecule has 1 aliphatic carbocycles. The molecule has 2 aromatic heterocycles. The smallest absolute Gasteiger partial charge is 0.251 e. The van der Waals surface area contributed by atoms with E-state index in [1.54, 1.807) is 13.3 Å². The number of hydrogen-bond acceptors (Lipinski definition) is 6. The zero-order chi connectivity index (χ0) is 15.8. The molecule has 0 spiro atoms. The Labute approximate surface area is 133 Å². The Morgan fingerprint density at radius 2 is 1.83 bits per heavy atom. The molecule has 4 rings (SSSR count). The van der Waals surface area contributed by atoms with Gasteiger partial charge in [0.15, 0.2) is 0 Å². The third-order valence-electron chi connectivity index (χ3n) is 3.93. The predicted octanol–water partition coefficient (Wildman–Crippen LogP) is 3.39. The highest BCUT2D eigenvalue weighted by Gasteiger charge is 2.27. The lowest BCUT2D eigenvalue weighted by atomic mass is 10.2. The predicted molar refractivity (Wildman–Crippen MR) is 84.0 cm³/mol. The summed E-state index contributed by atoms with van der Waals surface area (Å²) in [6.45, 7) is 1.94. The number of aryl methyl sites for hydroxylation is 1. The molecule has 0 atom stereocenters. The first-order chi connectivity index (χ1) is 11.2. The minimum atomic E-state index is 0.440. The summed E-state index contributed by atoms with van der Waals surface area (Å²) in [5.74, 6) is 3.14. The molecule has 0 N–H and O–H groups in total. The molecule has 23 heavy (non-hydrogen) atoms. The second kappa shape index (κ2) is 5.46. The molecule has 1 aliphatic rings. The number of nitrogens with zero attached hydrogens (tertiary/aromatic N) is 4. The molecule has 0 amide bonds. The Hall–Kier alpha value is -2.76. The van der Waals surface area contributed by atoms with Crippen LogP contribution < -0.4 is 4.74 Å². The van der Waals surface area contributed by atoms with Crippen molar-refractivity contribution >= 4 is 0 Å². The maximum Gasteiger partial charge on any atom is 0.251 e. The molecule has 1 saturated carbocycles. The Bertz CT molecular complexity index is 838. The van der Waals surface area contributed by atoms with E-state index < -0.39 is 0 Å². The minimum absolute atomic E-state index is 0.440. The van der Waals surface area contributed by atoms with Gasteiger partial charge in [-0.15, -0.1) is 10.2 Å². The molecule has 0 aliphatic heterocycles. The van der Waals surface area contributed by atoms with Crippen molar-refractivity contribution in [3.63, 3.8) is 0 Å². The summed E-state index contributed by atoms with van der Waals surface area (Å²) >= 11 is 0. The number of aromatic nitrogens is 4. The maximum atomic E-state index is 5.78. The first-order valence-electron chi connectivity index (χ1n) is 7.56. The van der Waals surface area contributed by atoms with E-state index in [-0.39, 0.29) is 0 Å². The number of hydrogen-bond donors (Lipinski definition) is 0. The van der Waals surface area contributed by atoms with Gasteiger partial charge in [0.05, 0.1) is 18.4 Å². The molecule has 0 unspecified atom stereocenters. The molecule has 1 fully saturated rings. The van der Waals surface area contributed by atoms with Crippen molar-refractivity contribution in [2.24, 2.45) is 0 Å². The van der Waals surface area contributed by atoms with E-state index in [0.29, 0.717) is 17.7 Å². The van der Waals surface area contributed by atoms with E-state index in [9.17, 15) is 0 Å². The lowest BCUT2D eigenvalue weighted by Gasteiger charge is -2.02. The molecule has 2 heterocycles. The standard InChI is InChI=1S/C17H16N4O2/c1-10-14(9-18-15(19-10)11-3-4-11)17-21-20-16(23-17)12-5-7-13(22-2)8-6-12/h5-9,11H,3-4H2,1-2H3. The molecule has 0 saturated heterocycles. The van der Waals surface area contributed by atoms with Gasteiger partial charge in [-0.05, 0) is 44.0 Å². The molecular weight excluding hydrogens is 292 g/mol. The Balaban J connectivity index is 1.64. The minimum Gasteiger partial charge on any atom is -0.497 e. The number of benzene rings is 1. The average Bonchev–Trinajstić information content (AvgIpc) is 3.33. The van der Waals surface area contributed by atoms with Crippen LogP contribution in [0.4, 0.5) is 0 Å². The van der Waals surface area contributed by atoms with Crippen LogP contribution in [-0.2, 0) is 0 Å². The van der Waals surface area contributed by atoms with Crippen LogP contribution in [0.3, 0.4) is 0 Å². The van der Waals surface area contributed by atoms with Crippen LogP contribution in [0, 0.1) is 6.92 Å². The van der Waals surface area contributed by atoms with E-state index in [1.807, 2.05) is 31.2 Å². The first kappa shape index (κ1) is 13.9. The van der Waals surface area contributed by atoms with E-state index in [0.717, 1.165) is 28.4 Å². The largest absolute Gasteiger partial charge is 0.497 e. The molecule has 3 aromatic rings. The average molecular weight is 308 g/mol. The second-order valence-corrected chi connectivity index (χ2v) is 5.64. The number of rotatable bonds is 4. The zero-order valence-electron chi connectivity index (χ0n) is 13.0. The van der Waals surface area contributed by atoms with Crippen molar-refractivity contribution < 1.29 is 9.15 Å². The van der Waals surface area contributed by atoms with Gasteiger partial charge in [0.2, 0.25) is 5.89 Å². The molecule has 0 radical (unpaired) electrons. The summed E-state index contributed by atoms with van der Waals surface area (Å²) < 4.78 is 10.9. The fourth-order valence-electron chi connectivity index (χ4n) is 2.42. The highest BCUT2D eigenvalue weighted by molar-refractivity contribution is 5.59. The topological polar surface area (TPSA) is 73.9 Å². The summed E-state index contributed by atoms with van der Waals surface area (Å²) in [5, 5.41) is 8.24. The van der Waals surface area contributed by atoms with E-state index >= 15 is 0 Å². The fraction of sp³-hybridized carbons (Fsp3) is 0.294. The molecule has 116 valence electrons. The van der Waals surface area contributed by atoms with Gasteiger partial charge < -0.3 is 9.15 Å². The molecular formula is C17H16N4O2. The van der Waals surface area contributed by atoms with Crippen LogP contribution in [0.25, 0.3) is 22.9 Å². The third-order valence-corrected chi connectivity index (χ3v) is 3.93. The van der Waals surface area contributed by atoms with Crippen LogP contribution in [-0.4, -0.2) is 27.3 Å². The third kappa shape index (κ3) is 2.67. The second-order valence-electron chi connectivity index (χ2n) is 5.64. The van der Waals surface area contributed by atoms with Crippen LogP contribution in [0.15, 0.2) is 34.9 Å². The lowest BCUT2D eigenvalue weighted by molar-refractivity contribution is 0.415. The monoisotopic (exact) mass is 308 g/mol. The van der Waals surface area contributed by atoms with E-state index in [4.69, 9.17) is 9.15 Å². The maximum absolute atomic E-state index is 5.78. The van der Waals surface area contributed by atoms with Gasteiger partial charge in [-0.25, -0.2) is 9.97 Å². The normalized spacial score (nSPS) is 14.0. The van der Waals surface area contributed by atoms with Gasteiger partial charge in [0.1, 0.15) is 11.6 Å². The Morgan fingerprint density at radius 3 is 2.48 bits per heavy atom. The zero-order valence-corrected chi connectivity index (χ0v) is 13.0. The first-order valence-corrected chi connectivity index (χ1v) is 7.56. The molecule has 6 nitrogen and oxygen atoms in total. The van der Waals surface area contributed by atoms with Gasteiger partial charge >= 0.3 is 0 Å². The number of methoxy groups -OCH3 is 1. The summed E-state index contributed by atoms with van der Waals surface area (Å²) in [7, 11) is 1.63. The highest BCUT2D eigenvalue weighted by Crippen LogP contribution is 2.38. The molecule has 1 aromatic carbocycles. The van der Waals surface area contributed by atoms with Crippen LogP contribution in [0.5, 0.6) is 5.75 Å². The Kier molecular flexibility index (Phi) is 3.29. The van der Waals surface area contributed by atoms with Gasteiger partial charge in [0, 0.05) is 17.7 Å². The summed E-state index contributed by atoms with van der Waals surface area (Å²) in [4.78, 5) is 8.99. The van der Waals surface area contributed by atoms with Crippen LogP contribution >= 0.6 is 0 Å². The van der Waals surface area contributed by atoms with Crippen molar-refractivity contribution in [2.45, 2.75) is 25.7 Å². The van der Waals surface area contributed by atoms with Crippen molar-refractivity contribution in [1.82, 2.24) is 20.2 Å². The SMILES string of the molecule is COc1ccc(-c2nnc(-c3cnc(C4CC4)nc3C)o2)cc1. The van der Waals surface area contributed by atoms with E-state index in [1.165, 1.54) is 12.8 Å². The van der Waals surface area contributed by atoms with Crippen LogP contribution in [0.1, 0.15) is 30.3 Å². The van der Waals surface area contributed by atoms with Crippen LogP contribution in [0.2, 0.25) is 0 Å². The Morgan fingerprint density at radius 1 is 1.09 bits per heavy atom. The van der Waals surface area contributed by atoms with Gasteiger partial charge in [-0.1, -0.05) is 0 Å².